The Morgan fingerprint density at radius 1 is 1.50 bits per heavy atom. The Balaban J connectivity index is 2.07. The maximum absolute atomic E-state index is 12.2. The lowest BCUT2D eigenvalue weighted by Crippen LogP contribution is -2.13. The van der Waals surface area contributed by atoms with Gasteiger partial charge in [0, 0.05) is 27.8 Å². The van der Waals surface area contributed by atoms with Crippen LogP contribution in [0.2, 0.25) is 0 Å². The number of aromatic nitrogens is 1. The summed E-state index contributed by atoms with van der Waals surface area (Å²) in [5.41, 5.74) is 7.81. The van der Waals surface area contributed by atoms with E-state index in [0.717, 1.165) is 22.7 Å². The smallest absolute Gasteiger partial charge is 0.275 e. The summed E-state index contributed by atoms with van der Waals surface area (Å²) >= 11 is 3.25. The van der Waals surface area contributed by atoms with Gasteiger partial charge < -0.3 is 11.1 Å². The summed E-state index contributed by atoms with van der Waals surface area (Å²) < 4.78 is 0. The van der Waals surface area contributed by atoms with Crippen LogP contribution in [0, 0.1) is 6.92 Å². The summed E-state index contributed by atoms with van der Waals surface area (Å²) in [6.45, 7) is 6.76. The molecule has 1 unspecified atom stereocenters. The molecule has 2 aromatic rings. The zero-order valence-electron chi connectivity index (χ0n) is 13.1. The van der Waals surface area contributed by atoms with Crippen LogP contribution in [0.5, 0.6) is 0 Å². The number of anilines is 1. The summed E-state index contributed by atoms with van der Waals surface area (Å²) in [5.74, 6) is -0.193. The second-order valence-electron chi connectivity index (χ2n) is 5.10. The van der Waals surface area contributed by atoms with Gasteiger partial charge in [0.25, 0.3) is 5.91 Å². The number of rotatable bonds is 6. The summed E-state index contributed by atoms with van der Waals surface area (Å²) in [6.07, 6.45) is 1.13. The topological polar surface area (TPSA) is 68.0 Å². The van der Waals surface area contributed by atoms with E-state index < -0.39 is 0 Å². The Morgan fingerprint density at radius 3 is 2.86 bits per heavy atom. The Labute approximate surface area is 139 Å². The van der Waals surface area contributed by atoms with Gasteiger partial charge >= 0.3 is 0 Å². The molecule has 1 heterocycles. The molecule has 0 saturated carbocycles. The minimum absolute atomic E-state index is 0.193. The number of carbonyl (C=O) groups is 1. The summed E-state index contributed by atoms with van der Waals surface area (Å²) in [7, 11) is 0. The van der Waals surface area contributed by atoms with Crippen LogP contribution < -0.4 is 11.1 Å². The molecule has 1 aromatic carbocycles. The minimum Gasteiger partial charge on any atom is -0.325 e. The van der Waals surface area contributed by atoms with Crippen molar-refractivity contribution in [3.05, 3.63) is 39.8 Å². The first kappa shape index (κ1) is 17.0. The molecular formula is C16H21N3OS2. The number of nitrogens with one attached hydrogen (secondary N) is 1. The highest BCUT2D eigenvalue weighted by Gasteiger charge is 2.12. The number of thioether (sulfide) groups is 1. The van der Waals surface area contributed by atoms with Gasteiger partial charge in [-0.2, -0.15) is 0 Å². The molecule has 0 spiro atoms. The van der Waals surface area contributed by atoms with Gasteiger partial charge in [-0.15, -0.1) is 23.1 Å². The lowest BCUT2D eigenvalue weighted by atomic mass is 10.2. The summed E-state index contributed by atoms with van der Waals surface area (Å²) in [5, 5.41) is 6.00. The molecule has 0 saturated heterocycles. The second-order valence-corrected chi connectivity index (χ2v) is 7.55. The van der Waals surface area contributed by atoms with Gasteiger partial charge in [-0.3, -0.25) is 4.79 Å². The van der Waals surface area contributed by atoms with E-state index in [0.29, 0.717) is 17.5 Å². The van der Waals surface area contributed by atoms with Crippen LogP contribution in [-0.2, 0) is 6.54 Å². The van der Waals surface area contributed by atoms with Gasteiger partial charge in [0.2, 0.25) is 0 Å². The van der Waals surface area contributed by atoms with Crippen molar-refractivity contribution in [2.75, 3.05) is 5.32 Å². The van der Waals surface area contributed by atoms with Crippen molar-refractivity contribution < 1.29 is 4.79 Å². The number of nitrogens with zero attached hydrogens (tertiary/aromatic N) is 1. The maximum atomic E-state index is 12.2. The number of amides is 1. The molecule has 1 aromatic heterocycles. The molecule has 1 amide bonds. The van der Waals surface area contributed by atoms with Crippen LogP contribution in [0.1, 0.15) is 41.3 Å². The van der Waals surface area contributed by atoms with E-state index in [1.807, 2.05) is 30.8 Å². The molecule has 0 radical (unpaired) electrons. The fourth-order valence-corrected chi connectivity index (χ4v) is 3.54. The van der Waals surface area contributed by atoms with Gasteiger partial charge in [-0.1, -0.05) is 13.8 Å². The average molecular weight is 335 g/mol. The number of hydrogen-bond acceptors (Lipinski definition) is 5. The number of hydrogen-bond donors (Lipinski definition) is 2. The lowest BCUT2D eigenvalue weighted by molar-refractivity contribution is 0.102. The molecule has 0 fully saturated rings. The van der Waals surface area contributed by atoms with E-state index in [4.69, 9.17) is 5.73 Å². The van der Waals surface area contributed by atoms with Gasteiger partial charge in [-0.25, -0.2) is 4.98 Å². The molecule has 6 heteroatoms. The van der Waals surface area contributed by atoms with Crippen LogP contribution in [0.3, 0.4) is 0 Å². The molecule has 0 aliphatic rings. The number of nitrogens with two attached hydrogens (primary N) is 1. The van der Waals surface area contributed by atoms with Gasteiger partial charge in [-0.05, 0) is 37.1 Å². The monoisotopic (exact) mass is 335 g/mol. The molecule has 0 aliphatic carbocycles. The minimum atomic E-state index is -0.193. The third-order valence-corrected chi connectivity index (χ3v) is 5.45. The van der Waals surface area contributed by atoms with E-state index in [1.165, 1.54) is 16.2 Å². The molecule has 118 valence electrons. The quantitative estimate of drug-likeness (QED) is 0.781. The highest BCUT2D eigenvalue weighted by Crippen LogP contribution is 2.28. The number of thiazole rings is 1. The van der Waals surface area contributed by atoms with Gasteiger partial charge in [0.1, 0.15) is 10.7 Å². The van der Waals surface area contributed by atoms with E-state index in [1.54, 1.807) is 5.38 Å². The first-order valence-corrected chi connectivity index (χ1v) is 9.02. The van der Waals surface area contributed by atoms with Crippen molar-refractivity contribution in [3.63, 3.8) is 0 Å². The van der Waals surface area contributed by atoms with Gasteiger partial charge in [0.15, 0.2) is 0 Å². The maximum Gasteiger partial charge on any atom is 0.275 e. The zero-order valence-corrected chi connectivity index (χ0v) is 14.7. The number of benzene rings is 1. The standard InChI is InChI=1S/C16H21N3OS2/c1-4-11(3)22-12-5-6-13(10(2)7-12)19-16(20)14-9-21-15(8-17)18-14/h5-7,9,11H,4,8,17H2,1-3H3,(H,19,20). The molecule has 3 N–H and O–H groups in total. The molecule has 2 rings (SSSR count). The van der Waals surface area contributed by atoms with Crippen LogP contribution in [-0.4, -0.2) is 16.1 Å². The first-order chi connectivity index (χ1) is 10.5. The SMILES string of the molecule is CCC(C)Sc1ccc(NC(=O)c2csc(CN)n2)c(C)c1. The van der Waals surface area contributed by atoms with Crippen LogP contribution in [0.25, 0.3) is 0 Å². The number of carbonyl (C=O) groups excluding carboxylic acids is 1. The lowest BCUT2D eigenvalue weighted by Gasteiger charge is -2.12. The van der Waals surface area contributed by atoms with Crippen molar-refractivity contribution >= 4 is 34.7 Å². The predicted molar refractivity (Wildman–Crippen MR) is 94.7 cm³/mol. The Kier molecular flexibility index (Phi) is 5.99. The van der Waals surface area contributed by atoms with Crippen molar-refractivity contribution in [2.45, 2.75) is 43.9 Å². The molecule has 4 nitrogen and oxygen atoms in total. The third kappa shape index (κ3) is 4.32. The second kappa shape index (κ2) is 7.76. The first-order valence-electron chi connectivity index (χ1n) is 7.26. The normalized spacial score (nSPS) is 12.2. The van der Waals surface area contributed by atoms with Gasteiger partial charge in [0.05, 0.1) is 0 Å². The highest BCUT2D eigenvalue weighted by atomic mass is 32.2. The predicted octanol–water partition coefficient (Wildman–Crippen LogP) is 4.05. The van der Waals surface area contributed by atoms with Crippen LogP contribution >= 0.6 is 23.1 Å². The molecule has 22 heavy (non-hydrogen) atoms. The van der Waals surface area contributed by atoms with Crippen LogP contribution in [0.4, 0.5) is 5.69 Å². The van der Waals surface area contributed by atoms with Crippen molar-refractivity contribution in [3.8, 4) is 0 Å². The Bertz CT molecular complexity index is 655. The summed E-state index contributed by atoms with van der Waals surface area (Å²) in [4.78, 5) is 17.6. The zero-order chi connectivity index (χ0) is 16.1. The van der Waals surface area contributed by atoms with E-state index in [-0.39, 0.29) is 5.91 Å². The Morgan fingerprint density at radius 2 is 2.27 bits per heavy atom. The third-order valence-electron chi connectivity index (χ3n) is 3.32. The van der Waals surface area contributed by atoms with Crippen molar-refractivity contribution in [1.29, 1.82) is 0 Å². The van der Waals surface area contributed by atoms with E-state index >= 15 is 0 Å². The Hall–Kier alpha value is -1.37. The van der Waals surface area contributed by atoms with E-state index in [9.17, 15) is 4.79 Å². The largest absolute Gasteiger partial charge is 0.325 e. The fraction of sp³-hybridized carbons (Fsp3) is 0.375. The average Bonchev–Trinajstić information content (AvgIpc) is 2.99. The van der Waals surface area contributed by atoms with Crippen molar-refractivity contribution in [2.24, 2.45) is 5.73 Å². The van der Waals surface area contributed by atoms with E-state index in [2.05, 4.69) is 30.2 Å². The molecular weight excluding hydrogens is 314 g/mol. The highest BCUT2D eigenvalue weighted by molar-refractivity contribution is 7.99. The molecule has 0 aliphatic heterocycles. The summed E-state index contributed by atoms with van der Waals surface area (Å²) in [6, 6.07) is 6.11. The number of aryl methyl sites for hydroxylation is 1. The van der Waals surface area contributed by atoms with Crippen molar-refractivity contribution in [1.82, 2.24) is 4.98 Å². The van der Waals surface area contributed by atoms with Crippen LogP contribution in [0.15, 0.2) is 28.5 Å². The fourth-order valence-electron chi connectivity index (χ4n) is 1.86. The molecule has 0 bridgehead atoms. The molecule has 1 atom stereocenters.